The van der Waals surface area contributed by atoms with Crippen molar-refractivity contribution in [1.82, 2.24) is 0 Å². The molecular formula is C12H16ClF. The first kappa shape index (κ1) is 11.5. The van der Waals surface area contributed by atoms with E-state index in [4.69, 9.17) is 11.6 Å². The van der Waals surface area contributed by atoms with Crippen LogP contribution in [-0.4, -0.2) is 5.88 Å². The standard InChI is InChI=1S/C12H16ClF/c1-3-12(2,9-13)8-10-6-4-5-7-11(10)14/h4-7H,3,8-9H2,1-2H3. The predicted molar refractivity (Wildman–Crippen MR) is 59.2 cm³/mol. The Morgan fingerprint density at radius 1 is 1.36 bits per heavy atom. The van der Waals surface area contributed by atoms with E-state index in [1.54, 1.807) is 6.07 Å². The van der Waals surface area contributed by atoms with Crippen LogP contribution in [0.5, 0.6) is 0 Å². The zero-order valence-electron chi connectivity index (χ0n) is 8.69. The van der Waals surface area contributed by atoms with Crippen LogP contribution in [0.1, 0.15) is 25.8 Å². The maximum Gasteiger partial charge on any atom is 0.126 e. The third-order valence-corrected chi connectivity index (χ3v) is 3.40. The van der Waals surface area contributed by atoms with Crippen LogP contribution in [0.4, 0.5) is 4.39 Å². The molecule has 0 N–H and O–H groups in total. The van der Waals surface area contributed by atoms with Crippen LogP contribution < -0.4 is 0 Å². The maximum absolute atomic E-state index is 13.3. The first-order valence-electron chi connectivity index (χ1n) is 4.90. The lowest BCUT2D eigenvalue weighted by atomic mass is 9.83. The molecule has 0 heterocycles. The summed E-state index contributed by atoms with van der Waals surface area (Å²) in [4.78, 5) is 0. The number of hydrogen-bond donors (Lipinski definition) is 0. The zero-order valence-corrected chi connectivity index (χ0v) is 9.44. The van der Waals surface area contributed by atoms with E-state index >= 15 is 0 Å². The van der Waals surface area contributed by atoms with Crippen molar-refractivity contribution in [2.75, 3.05) is 5.88 Å². The van der Waals surface area contributed by atoms with Gasteiger partial charge in [0.05, 0.1) is 0 Å². The molecule has 1 unspecified atom stereocenters. The van der Waals surface area contributed by atoms with E-state index in [1.807, 2.05) is 12.1 Å². The largest absolute Gasteiger partial charge is 0.207 e. The third kappa shape index (κ3) is 2.71. The van der Waals surface area contributed by atoms with E-state index in [-0.39, 0.29) is 11.2 Å². The number of rotatable bonds is 4. The van der Waals surface area contributed by atoms with E-state index in [2.05, 4.69) is 13.8 Å². The molecule has 1 aromatic carbocycles. The lowest BCUT2D eigenvalue weighted by molar-refractivity contribution is 0.350. The quantitative estimate of drug-likeness (QED) is 0.664. The van der Waals surface area contributed by atoms with E-state index in [1.165, 1.54) is 6.07 Å². The minimum absolute atomic E-state index is 0.00372. The Morgan fingerprint density at radius 3 is 2.50 bits per heavy atom. The van der Waals surface area contributed by atoms with Crippen LogP contribution >= 0.6 is 11.6 Å². The fourth-order valence-corrected chi connectivity index (χ4v) is 1.65. The van der Waals surface area contributed by atoms with Crippen molar-refractivity contribution >= 4 is 11.6 Å². The van der Waals surface area contributed by atoms with Crippen LogP contribution in [0.15, 0.2) is 24.3 Å². The van der Waals surface area contributed by atoms with Crippen molar-refractivity contribution in [3.05, 3.63) is 35.6 Å². The first-order chi connectivity index (χ1) is 6.61. The van der Waals surface area contributed by atoms with Crippen molar-refractivity contribution in [1.29, 1.82) is 0 Å². The average Bonchev–Trinajstić information content (AvgIpc) is 2.21. The van der Waals surface area contributed by atoms with Gasteiger partial charge in [0, 0.05) is 5.88 Å². The zero-order chi connectivity index (χ0) is 10.6. The van der Waals surface area contributed by atoms with Gasteiger partial charge in [-0.15, -0.1) is 11.6 Å². The summed E-state index contributed by atoms with van der Waals surface area (Å²) in [7, 11) is 0. The average molecular weight is 215 g/mol. The summed E-state index contributed by atoms with van der Waals surface area (Å²) in [5.74, 6) is 0.440. The van der Waals surface area contributed by atoms with Gasteiger partial charge in [-0.2, -0.15) is 0 Å². The number of alkyl halides is 1. The van der Waals surface area contributed by atoms with Crippen LogP contribution in [0.25, 0.3) is 0 Å². The van der Waals surface area contributed by atoms with Crippen molar-refractivity contribution in [3.8, 4) is 0 Å². The van der Waals surface area contributed by atoms with Crippen molar-refractivity contribution < 1.29 is 4.39 Å². The topological polar surface area (TPSA) is 0 Å². The second-order valence-electron chi connectivity index (χ2n) is 4.07. The number of benzene rings is 1. The van der Waals surface area contributed by atoms with Gasteiger partial charge in [0.1, 0.15) is 5.82 Å². The highest BCUT2D eigenvalue weighted by Crippen LogP contribution is 2.28. The van der Waals surface area contributed by atoms with Gasteiger partial charge in [-0.3, -0.25) is 0 Å². The van der Waals surface area contributed by atoms with E-state index < -0.39 is 0 Å². The Kier molecular flexibility index (Phi) is 3.94. The SMILES string of the molecule is CCC(C)(CCl)Cc1ccccc1F. The molecule has 1 atom stereocenters. The van der Waals surface area contributed by atoms with E-state index in [9.17, 15) is 4.39 Å². The van der Waals surface area contributed by atoms with Gasteiger partial charge in [0.2, 0.25) is 0 Å². The Labute approximate surface area is 90.1 Å². The summed E-state index contributed by atoms with van der Waals surface area (Å²) in [6.07, 6.45) is 1.67. The van der Waals surface area contributed by atoms with Gasteiger partial charge in [0.15, 0.2) is 0 Å². The maximum atomic E-state index is 13.3. The molecule has 0 aliphatic rings. The summed E-state index contributed by atoms with van der Waals surface area (Å²) in [5.41, 5.74) is 0.765. The Bertz CT molecular complexity index is 292. The molecule has 1 rings (SSSR count). The van der Waals surface area contributed by atoms with Gasteiger partial charge in [-0.05, 0) is 29.9 Å². The monoisotopic (exact) mass is 214 g/mol. The fourth-order valence-electron chi connectivity index (χ4n) is 1.37. The second kappa shape index (κ2) is 4.79. The molecule has 78 valence electrons. The minimum Gasteiger partial charge on any atom is -0.207 e. The van der Waals surface area contributed by atoms with E-state index in [0.29, 0.717) is 12.3 Å². The minimum atomic E-state index is -0.128. The molecule has 0 radical (unpaired) electrons. The smallest absolute Gasteiger partial charge is 0.126 e. The molecule has 2 heteroatoms. The normalized spacial score (nSPS) is 15.1. The fraction of sp³-hybridized carbons (Fsp3) is 0.500. The molecule has 0 aromatic heterocycles. The molecule has 0 aliphatic heterocycles. The lowest BCUT2D eigenvalue weighted by Gasteiger charge is -2.25. The third-order valence-electron chi connectivity index (χ3n) is 2.75. The number of halogens is 2. The van der Waals surface area contributed by atoms with E-state index in [0.717, 1.165) is 12.0 Å². The van der Waals surface area contributed by atoms with Crippen molar-refractivity contribution in [2.45, 2.75) is 26.7 Å². The summed E-state index contributed by atoms with van der Waals surface area (Å²) in [5, 5.41) is 0. The van der Waals surface area contributed by atoms with Gasteiger partial charge >= 0.3 is 0 Å². The Morgan fingerprint density at radius 2 is 2.00 bits per heavy atom. The molecule has 0 spiro atoms. The molecule has 0 nitrogen and oxygen atoms in total. The molecular weight excluding hydrogens is 199 g/mol. The molecule has 0 fully saturated rings. The molecule has 0 saturated carbocycles. The molecule has 14 heavy (non-hydrogen) atoms. The van der Waals surface area contributed by atoms with Crippen molar-refractivity contribution in [3.63, 3.8) is 0 Å². The highest BCUT2D eigenvalue weighted by Gasteiger charge is 2.22. The van der Waals surface area contributed by atoms with Crippen molar-refractivity contribution in [2.24, 2.45) is 5.41 Å². The molecule has 0 bridgehead atoms. The summed E-state index contributed by atoms with van der Waals surface area (Å²) in [6.45, 7) is 4.18. The molecule has 0 aliphatic carbocycles. The molecule has 0 amide bonds. The molecule has 1 aromatic rings. The number of hydrogen-bond acceptors (Lipinski definition) is 0. The lowest BCUT2D eigenvalue weighted by Crippen LogP contribution is -2.21. The van der Waals surface area contributed by atoms with Gasteiger partial charge < -0.3 is 0 Å². The van der Waals surface area contributed by atoms with Gasteiger partial charge in [-0.1, -0.05) is 32.0 Å². The highest BCUT2D eigenvalue weighted by molar-refractivity contribution is 6.18. The van der Waals surface area contributed by atoms with Crippen LogP contribution in [0.2, 0.25) is 0 Å². The second-order valence-corrected chi connectivity index (χ2v) is 4.33. The van der Waals surface area contributed by atoms with Gasteiger partial charge in [0.25, 0.3) is 0 Å². The Balaban J connectivity index is 2.82. The van der Waals surface area contributed by atoms with Crippen LogP contribution in [0, 0.1) is 11.2 Å². The summed E-state index contributed by atoms with van der Waals surface area (Å²) in [6, 6.07) is 6.90. The van der Waals surface area contributed by atoms with Crippen LogP contribution in [-0.2, 0) is 6.42 Å². The first-order valence-corrected chi connectivity index (χ1v) is 5.44. The van der Waals surface area contributed by atoms with Gasteiger partial charge in [-0.25, -0.2) is 4.39 Å². The summed E-state index contributed by atoms with van der Waals surface area (Å²) < 4.78 is 13.3. The summed E-state index contributed by atoms with van der Waals surface area (Å²) >= 11 is 5.89. The predicted octanol–water partition coefficient (Wildman–Crippen LogP) is 4.02. The Hall–Kier alpha value is -0.560. The van der Waals surface area contributed by atoms with Crippen LogP contribution in [0.3, 0.4) is 0 Å². The highest BCUT2D eigenvalue weighted by atomic mass is 35.5. The molecule has 0 saturated heterocycles.